The van der Waals surface area contributed by atoms with Gasteiger partial charge < -0.3 is 20.4 Å². The highest BCUT2D eigenvalue weighted by atomic mass is 16.7. The third-order valence-corrected chi connectivity index (χ3v) is 1.28. The van der Waals surface area contributed by atoms with Gasteiger partial charge in [-0.05, 0) is 6.42 Å². The Kier molecular flexibility index (Phi) is 3.81. The number of rotatable bonds is 4. The molecular weight excluding hydrogens is 136 g/mol. The fourth-order valence-electron chi connectivity index (χ4n) is 0.591. The molecule has 4 heteroatoms. The van der Waals surface area contributed by atoms with Gasteiger partial charge in [0, 0.05) is 0 Å². The quantitative estimate of drug-likeness (QED) is 0.394. The van der Waals surface area contributed by atoms with Crippen LogP contribution in [0.4, 0.5) is 0 Å². The highest BCUT2D eigenvalue weighted by Crippen LogP contribution is 2.09. The Morgan fingerprint density at radius 3 is 2.10 bits per heavy atom. The summed E-state index contributed by atoms with van der Waals surface area (Å²) in [6, 6.07) is 0. The zero-order valence-electron chi connectivity index (χ0n) is 5.99. The Balaban J connectivity index is 3.52. The molecule has 0 aliphatic carbocycles. The van der Waals surface area contributed by atoms with Crippen LogP contribution in [0.15, 0.2) is 0 Å². The van der Waals surface area contributed by atoms with Gasteiger partial charge in [0.15, 0.2) is 0 Å². The maximum absolute atomic E-state index is 8.77. The van der Waals surface area contributed by atoms with Gasteiger partial charge in [0.25, 0.3) is 0 Å². The second kappa shape index (κ2) is 3.88. The minimum atomic E-state index is -2.94. The zero-order chi connectivity index (χ0) is 8.20. The van der Waals surface area contributed by atoms with E-state index < -0.39 is 12.1 Å². The molecule has 62 valence electrons. The minimum absolute atomic E-state index is 0.194. The van der Waals surface area contributed by atoms with Crippen molar-refractivity contribution in [2.24, 2.45) is 0 Å². The van der Waals surface area contributed by atoms with E-state index in [1.165, 1.54) is 0 Å². The van der Waals surface area contributed by atoms with Gasteiger partial charge in [-0.1, -0.05) is 19.8 Å². The van der Waals surface area contributed by atoms with E-state index in [0.717, 1.165) is 6.42 Å². The molecule has 0 saturated carbocycles. The van der Waals surface area contributed by atoms with Gasteiger partial charge in [-0.2, -0.15) is 0 Å². The number of aliphatic hydroxyl groups excluding tert-OH is 1. The lowest BCUT2D eigenvalue weighted by Gasteiger charge is -2.20. The van der Waals surface area contributed by atoms with E-state index in [0.29, 0.717) is 6.42 Å². The van der Waals surface area contributed by atoms with Gasteiger partial charge >= 0.3 is 5.97 Å². The fraction of sp³-hybridized carbons (Fsp3) is 1.00. The van der Waals surface area contributed by atoms with E-state index in [1.807, 2.05) is 6.92 Å². The average molecular weight is 150 g/mol. The molecule has 0 aliphatic rings. The third kappa shape index (κ3) is 3.79. The summed E-state index contributed by atoms with van der Waals surface area (Å²) in [4.78, 5) is 0. The topological polar surface area (TPSA) is 80.9 Å². The Morgan fingerprint density at radius 1 is 1.30 bits per heavy atom. The van der Waals surface area contributed by atoms with Crippen molar-refractivity contribution in [3.05, 3.63) is 0 Å². The lowest BCUT2D eigenvalue weighted by Crippen LogP contribution is -2.41. The molecule has 0 aromatic carbocycles. The van der Waals surface area contributed by atoms with Crippen LogP contribution < -0.4 is 0 Å². The normalized spacial score (nSPS) is 15.3. The highest BCUT2D eigenvalue weighted by Gasteiger charge is 2.28. The van der Waals surface area contributed by atoms with Crippen LogP contribution in [0.2, 0.25) is 0 Å². The molecule has 0 bridgehead atoms. The van der Waals surface area contributed by atoms with Crippen LogP contribution in [0.1, 0.15) is 26.2 Å². The van der Waals surface area contributed by atoms with Crippen molar-refractivity contribution in [3.8, 4) is 0 Å². The molecular formula is C6H14O4. The lowest BCUT2D eigenvalue weighted by molar-refractivity contribution is -0.355. The molecule has 10 heavy (non-hydrogen) atoms. The molecule has 4 N–H and O–H groups in total. The standard InChI is InChI=1S/C6H14O4/c1-2-3-4-5(7)6(8,9)10/h5,7-10H,2-4H2,1H3. The van der Waals surface area contributed by atoms with Crippen molar-refractivity contribution in [1.82, 2.24) is 0 Å². The summed E-state index contributed by atoms with van der Waals surface area (Å²) < 4.78 is 0. The first kappa shape index (κ1) is 9.84. The SMILES string of the molecule is CCCCC(O)C(O)(O)O. The molecule has 0 heterocycles. The van der Waals surface area contributed by atoms with Crippen molar-refractivity contribution < 1.29 is 20.4 Å². The minimum Gasteiger partial charge on any atom is -0.385 e. The predicted octanol–water partition coefficient (Wildman–Crippen LogP) is -0.832. The van der Waals surface area contributed by atoms with Gasteiger partial charge in [-0.3, -0.25) is 0 Å². The van der Waals surface area contributed by atoms with Crippen molar-refractivity contribution in [1.29, 1.82) is 0 Å². The van der Waals surface area contributed by atoms with Crippen LogP contribution in [-0.2, 0) is 0 Å². The summed E-state index contributed by atoms with van der Waals surface area (Å²) in [5.41, 5.74) is 0. The maximum atomic E-state index is 8.77. The van der Waals surface area contributed by atoms with Gasteiger partial charge in [0.05, 0.1) is 0 Å². The summed E-state index contributed by atoms with van der Waals surface area (Å²) >= 11 is 0. The molecule has 0 aliphatic heterocycles. The van der Waals surface area contributed by atoms with Crippen molar-refractivity contribution in [2.75, 3.05) is 0 Å². The van der Waals surface area contributed by atoms with Crippen molar-refractivity contribution in [2.45, 2.75) is 38.3 Å². The first-order valence-electron chi connectivity index (χ1n) is 3.33. The van der Waals surface area contributed by atoms with E-state index in [4.69, 9.17) is 20.4 Å². The van der Waals surface area contributed by atoms with Gasteiger partial charge in [-0.25, -0.2) is 0 Å². The number of aliphatic hydroxyl groups is 4. The summed E-state index contributed by atoms with van der Waals surface area (Å²) in [6.07, 6.45) is 0.227. The molecule has 0 rings (SSSR count). The van der Waals surface area contributed by atoms with Gasteiger partial charge in [-0.15, -0.1) is 0 Å². The molecule has 0 fully saturated rings. The second-order valence-electron chi connectivity index (χ2n) is 2.35. The highest BCUT2D eigenvalue weighted by molar-refractivity contribution is 4.61. The summed E-state index contributed by atoms with van der Waals surface area (Å²) in [5, 5.41) is 33.9. The van der Waals surface area contributed by atoms with E-state index in [2.05, 4.69) is 0 Å². The molecule has 1 atom stereocenters. The van der Waals surface area contributed by atoms with Crippen LogP contribution in [-0.4, -0.2) is 32.5 Å². The van der Waals surface area contributed by atoms with E-state index in [9.17, 15) is 0 Å². The van der Waals surface area contributed by atoms with Crippen molar-refractivity contribution >= 4 is 0 Å². The molecule has 0 amide bonds. The van der Waals surface area contributed by atoms with Crippen LogP contribution in [0.5, 0.6) is 0 Å². The molecule has 4 nitrogen and oxygen atoms in total. The molecule has 0 spiro atoms. The van der Waals surface area contributed by atoms with Crippen LogP contribution in [0.3, 0.4) is 0 Å². The fourth-order valence-corrected chi connectivity index (χ4v) is 0.591. The second-order valence-corrected chi connectivity index (χ2v) is 2.35. The van der Waals surface area contributed by atoms with Crippen LogP contribution >= 0.6 is 0 Å². The van der Waals surface area contributed by atoms with Crippen LogP contribution in [0, 0.1) is 0 Å². The van der Waals surface area contributed by atoms with Crippen molar-refractivity contribution in [3.63, 3.8) is 0 Å². The average Bonchev–Trinajstić information content (AvgIpc) is 1.80. The Hall–Kier alpha value is -0.160. The van der Waals surface area contributed by atoms with Crippen LogP contribution in [0.25, 0.3) is 0 Å². The largest absolute Gasteiger partial charge is 0.385 e. The number of unbranched alkanes of at least 4 members (excludes halogenated alkanes) is 1. The maximum Gasteiger partial charge on any atom is 0.302 e. The summed E-state index contributed by atoms with van der Waals surface area (Å²) in [6.45, 7) is 1.90. The molecule has 0 radical (unpaired) electrons. The van der Waals surface area contributed by atoms with Gasteiger partial charge in [0.2, 0.25) is 0 Å². The van der Waals surface area contributed by atoms with E-state index in [-0.39, 0.29) is 6.42 Å². The molecule has 0 aromatic heterocycles. The van der Waals surface area contributed by atoms with E-state index in [1.54, 1.807) is 0 Å². The monoisotopic (exact) mass is 150 g/mol. The first-order valence-corrected chi connectivity index (χ1v) is 3.33. The molecule has 0 aromatic rings. The van der Waals surface area contributed by atoms with Gasteiger partial charge in [0.1, 0.15) is 6.10 Å². The Morgan fingerprint density at radius 2 is 1.80 bits per heavy atom. The Bertz CT molecular complexity index is 86.2. The lowest BCUT2D eigenvalue weighted by atomic mass is 10.1. The Labute approximate surface area is 59.7 Å². The molecule has 0 saturated heterocycles. The molecule has 1 unspecified atom stereocenters. The number of hydrogen-bond donors (Lipinski definition) is 4. The number of hydrogen-bond acceptors (Lipinski definition) is 4. The summed E-state index contributed by atoms with van der Waals surface area (Å²) in [5.74, 6) is -2.94. The smallest absolute Gasteiger partial charge is 0.302 e. The first-order chi connectivity index (χ1) is 4.48. The predicted molar refractivity (Wildman–Crippen MR) is 34.9 cm³/mol. The third-order valence-electron chi connectivity index (χ3n) is 1.28. The zero-order valence-corrected chi connectivity index (χ0v) is 5.99. The van der Waals surface area contributed by atoms with E-state index >= 15 is 0 Å². The summed E-state index contributed by atoms with van der Waals surface area (Å²) in [7, 11) is 0.